The minimum absolute atomic E-state index is 0.505. The fraction of sp³-hybridized carbons (Fsp3) is 0.909. The molecular weight excluding hydrogens is 328 g/mol. The molecule has 0 amide bonds. The van der Waals surface area contributed by atoms with Crippen LogP contribution in [-0.4, -0.2) is 22.2 Å². The molecule has 4 nitrogen and oxygen atoms in total. The smallest absolute Gasteiger partial charge is 0.310 e. The third-order valence-corrected chi connectivity index (χ3v) is 6.46. The normalized spacial score (nSPS) is 26.4. The molecule has 0 bridgehead atoms. The lowest BCUT2D eigenvalue weighted by Gasteiger charge is -2.49. The molecule has 0 heterocycles. The number of unbranched alkanes of at least 4 members (excludes halogenated alkanes) is 2. The molecule has 0 spiro atoms. The van der Waals surface area contributed by atoms with Gasteiger partial charge in [0.2, 0.25) is 0 Å². The van der Waals surface area contributed by atoms with Gasteiger partial charge >= 0.3 is 11.9 Å². The van der Waals surface area contributed by atoms with E-state index in [4.69, 9.17) is 0 Å². The number of carboxylic acid groups (broad SMARTS) is 2. The number of carboxylic acids is 2. The fourth-order valence-electron chi connectivity index (χ4n) is 4.86. The molecule has 0 aliphatic heterocycles. The molecule has 0 saturated heterocycles. The fourth-order valence-corrected chi connectivity index (χ4v) is 4.86. The molecule has 1 saturated carbocycles. The first kappa shape index (κ1) is 23.0. The maximum atomic E-state index is 12.4. The van der Waals surface area contributed by atoms with E-state index in [2.05, 4.69) is 27.7 Å². The molecule has 1 rings (SSSR count). The lowest BCUT2D eigenvalue weighted by molar-refractivity contribution is -0.182. The van der Waals surface area contributed by atoms with E-state index in [1.165, 1.54) is 0 Å². The topological polar surface area (TPSA) is 74.6 Å². The Hall–Kier alpha value is -1.06. The van der Waals surface area contributed by atoms with E-state index < -0.39 is 22.8 Å². The summed E-state index contributed by atoms with van der Waals surface area (Å²) in [7, 11) is 0. The van der Waals surface area contributed by atoms with Gasteiger partial charge in [0, 0.05) is 0 Å². The maximum absolute atomic E-state index is 12.4. The average Bonchev–Trinajstić information content (AvgIpc) is 2.55. The van der Waals surface area contributed by atoms with E-state index in [0.29, 0.717) is 37.5 Å². The van der Waals surface area contributed by atoms with Gasteiger partial charge in [-0.2, -0.15) is 0 Å². The van der Waals surface area contributed by atoms with Crippen molar-refractivity contribution >= 4 is 11.9 Å². The Kier molecular flexibility index (Phi) is 9.12. The van der Waals surface area contributed by atoms with E-state index in [1.54, 1.807) is 0 Å². The van der Waals surface area contributed by atoms with Crippen LogP contribution < -0.4 is 0 Å². The van der Waals surface area contributed by atoms with Crippen LogP contribution in [-0.2, 0) is 9.59 Å². The van der Waals surface area contributed by atoms with Crippen molar-refractivity contribution in [2.24, 2.45) is 22.7 Å². The number of hydrogen-bond donors (Lipinski definition) is 2. The SMILES string of the molecule is CC(C)CCCCC1(C(=O)O)CCCCC1(CCCCC(C)C)C(=O)O. The summed E-state index contributed by atoms with van der Waals surface area (Å²) in [5.41, 5.74) is -2.18. The molecule has 26 heavy (non-hydrogen) atoms. The zero-order chi connectivity index (χ0) is 19.8. The van der Waals surface area contributed by atoms with E-state index >= 15 is 0 Å². The van der Waals surface area contributed by atoms with Crippen molar-refractivity contribution in [1.29, 1.82) is 0 Å². The van der Waals surface area contributed by atoms with Gasteiger partial charge in [-0.1, -0.05) is 79.1 Å². The first-order valence-electron chi connectivity index (χ1n) is 10.6. The third-order valence-electron chi connectivity index (χ3n) is 6.46. The second-order valence-corrected chi connectivity index (χ2v) is 9.26. The summed E-state index contributed by atoms with van der Waals surface area (Å²) >= 11 is 0. The van der Waals surface area contributed by atoms with Crippen LogP contribution in [0.1, 0.15) is 105 Å². The summed E-state index contributed by atoms with van der Waals surface area (Å²) in [5, 5.41) is 20.3. The number of hydrogen-bond acceptors (Lipinski definition) is 2. The van der Waals surface area contributed by atoms with Gasteiger partial charge in [-0.3, -0.25) is 9.59 Å². The minimum atomic E-state index is -1.09. The molecule has 2 N–H and O–H groups in total. The summed E-state index contributed by atoms with van der Waals surface area (Å²) in [5.74, 6) is -0.564. The van der Waals surface area contributed by atoms with E-state index in [9.17, 15) is 19.8 Å². The first-order chi connectivity index (χ1) is 12.2. The lowest BCUT2D eigenvalue weighted by Crippen LogP contribution is -2.54. The van der Waals surface area contributed by atoms with Gasteiger partial charge in [-0.25, -0.2) is 0 Å². The molecule has 1 aliphatic rings. The number of carbonyl (C=O) groups is 2. The molecule has 2 unspecified atom stereocenters. The van der Waals surface area contributed by atoms with Crippen molar-refractivity contribution in [2.75, 3.05) is 0 Å². The highest BCUT2D eigenvalue weighted by molar-refractivity contribution is 5.87. The van der Waals surface area contributed by atoms with Crippen LogP contribution in [0.5, 0.6) is 0 Å². The third kappa shape index (κ3) is 5.47. The van der Waals surface area contributed by atoms with E-state index in [-0.39, 0.29) is 0 Å². The maximum Gasteiger partial charge on any atom is 0.310 e. The molecular formula is C22H40O4. The molecule has 0 aromatic carbocycles. The van der Waals surface area contributed by atoms with E-state index in [1.807, 2.05) is 0 Å². The highest BCUT2D eigenvalue weighted by atomic mass is 16.4. The van der Waals surface area contributed by atoms with Crippen LogP contribution in [0.2, 0.25) is 0 Å². The largest absolute Gasteiger partial charge is 0.481 e. The lowest BCUT2D eigenvalue weighted by atomic mass is 9.52. The number of rotatable bonds is 12. The Bertz CT molecular complexity index is 415. The van der Waals surface area contributed by atoms with Crippen molar-refractivity contribution in [1.82, 2.24) is 0 Å². The Morgan fingerprint density at radius 2 is 1.08 bits per heavy atom. The zero-order valence-corrected chi connectivity index (χ0v) is 17.4. The van der Waals surface area contributed by atoms with Gasteiger partial charge in [-0.05, 0) is 37.5 Å². The van der Waals surface area contributed by atoms with Gasteiger partial charge < -0.3 is 10.2 Å². The molecule has 1 aliphatic carbocycles. The molecule has 4 heteroatoms. The van der Waals surface area contributed by atoms with Crippen molar-refractivity contribution in [3.05, 3.63) is 0 Å². The monoisotopic (exact) mass is 368 g/mol. The Labute approximate surface area is 159 Å². The van der Waals surface area contributed by atoms with Gasteiger partial charge in [0.25, 0.3) is 0 Å². The predicted molar refractivity (Wildman–Crippen MR) is 105 cm³/mol. The standard InChI is InChI=1S/C22H40O4/c1-17(2)11-5-7-13-21(19(23)24)15-9-10-16-22(21,20(25)26)14-8-6-12-18(3)4/h17-18H,5-16H2,1-4H3,(H,23,24)(H,25,26). The predicted octanol–water partition coefficient (Wildman–Crippen LogP) is 6.14. The van der Waals surface area contributed by atoms with Crippen molar-refractivity contribution < 1.29 is 19.8 Å². The van der Waals surface area contributed by atoms with Gasteiger partial charge in [-0.15, -0.1) is 0 Å². The summed E-state index contributed by atoms with van der Waals surface area (Å²) in [6.45, 7) is 8.68. The molecule has 152 valence electrons. The molecule has 2 atom stereocenters. The van der Waals surface area contributed by atoms with Crippen LogP contribution >= 0.6 is 0 Å². The van der Waals surface area contributed by atoms with Crippen molar-refractivity contribution in [3.8, 4) is 0 Å². The molecule has 1 fully saturated rings. The number of aliphatic carboxylic acids is 2. The van der Waals surface area contributed by atoms with E-state index in [0.717, 1.165) is 51.4 Å². The van der Waals surface area contributed by atoms with Crippen LogP contribution in [0.3, 0.4) is 0 Å². The van der Waals surface area contributed by atoms with Crippen LogP contribution in [0.15, 0.2) is 0 Å². The summed E-state index contributed by atoms with van der Waals surface area (Å²) in [6.07, 6.45) is 9.43. The van der Waals surface area contributed by atoms with Gasteiger partial charge in [0.1, 0.15) is 0 Å². The molecule has 0 aromatic heterocycles. The summed E-state index contributed by atoms with van der Waals surface area (Å²) in [4.78, 5) is 24.8. The quantitative estimate of drug-likeness (QED) is 0.406. The summed E-state index contributed by atoms with van der Waals surface area (Å²) in [6, 6.07) is 0. The molecule has 0 aromatic rings. The van der Waals surface area contributed by atoms with Crippen LogP contribution in [0, 0.1) is 22.7 Å². The van der Waals surface area contributed by atoms with Crippen LogP contribution in [0.4, 0.5) is 0 Å². The second kappa shape index (κ2) is 10.3. The Balaban J connectivity index is 2.98. The summed E-state index contributed by atoms with van der Waals surface area (Å²) < 4.78 is 0. The van der Waals surface area contributed by atoms with Crippen LogP contribution in [0.25, 0.3) is 0 Å². The van der Waals surface area contributed by atoms with Crippen molar-refractivity contribution in [3.63, 3.8) is 0 Å². The zero-order valence-electron chi connectivity index (χ0n) is 17.4. The first-order valence-corrected chi connectivity index (χ1v) is 10.6. The van der Waals surface area contributed by atoms with Gasteiger partial charge in [0.05, 0.1) is 10.8 Å². The van der Waals surface area contributed by atoms with Gasteiger partial charge in [0.15, 0.2) is 0 Å². The average molecular weight is 369 g/mol. The Morgan fingerprint density at radius 3 is 1.35 bits per heavy atom. The second-order valence-electron chi connectivity index (χ2n) is 9.26. The highest BCUT2D eigenvalue weighted by Crippen LogP contribution is 2.57. The minimum Gasteiger partial charge on any atom is -0.481 e. The Morgan fingerprint density at radius 1 is 0.731 bits per heavy atom. The highest BCUT2D eigenvalue weighted by Gasteiger charge is 2.61. The molecule has 0 radical (unpaired) electrons. The van der Waals surface area contributed by atoms with Crippen molar-refractivity contribution in [2.45, 2.75) is 105 Å².